The summed E-state index contributed by atoms with van der Waals surface area (Å²) in [5.74, 6) is 0. The molecule has 282 valence electrons. The zero-order chi connectivity index (χ0) is 39.6. The molecule has 0 N–H and O–H groups in total. The molecule has 4 heteroatoms. The number of nitrogens with zero attached hydrogens (tertiary/aromatic N) is 2. The molecule has 0 saturated carbocycles. The summed E-state index contributed by atoms with van der Waals surface area (Å²) in [6.45, 7) is 0. The molecule has 60 heavy (non-hydrogen) atoms. The standard InChI is InChI=1S/C56H36N2S2/c1-4-16-37(17-5-1)43-22-12-14-26-51(43)58(41-30-33-53-50(35-41)45-24-13-15-27-52(45)59-53)40-28-31-47-49(34-40)44-23-10-11-25-46(44)55-48-32-29-42(36-54(48)60-56(47)55)57(38-18-6-2-7-19-38)39-20-8-3-9-21-39/h1-36H. The maximum absolute atomic E-state index is 2.46. The van der Waals surface area contributed by atoms with Gasteiger partial charge in [-0.2, -0.15) is 0 Å². The van der Waals surface area contributed by atoms with Gasteiger partial charge in [0.25, 0.3) is 0 Å². The first-order valence-electron chi connectivity index (χ1n) is 20.3. The van der Waals surface area contributed by atoms with Crippen molar-refractivity contribution in [3.8, 4) is 11.1 Å². The lowest BCUT2D eigenvalue weighted by Crippen LogP contribution is -2.11. The van der Waals surface area contributed by atoms with Gasteiger partial charge in [0.1, 0.15) is 0 Å². The molecule has 0 spiro atoms. The van der Waals surface area contributed by atoms with Crippen LogP contribution in [0.2, 0.25) is 0 Å². The van der Waals surface area contributed by atoms with E-state index in [2.05, 4.69) is 228 Å². The maximum atomic E-state index is 2.46. The molecule has 0 saturated heterocycles. The first kappa shape index (κ1) is 34.8. The lowest BCUT2D eigenvalue weighted by Gasteiger charge is -2.28. The van der Waals surface area contributed by atoms with Gasteiger partial charge in [-0.25, -0.2) is 0 Å². The minimum absolute atomic E-state index is 1.12. The molecule has 0 aliphatic heterocycles. The van der Waals surface area contributed by atoms with Crippen LogP contribution in [0, 0.1) is 0 Å². The summed E-state index contributed by atoms with van der Waals surface area (Å²) in [7, 11) is 0. The summed E-state index contributed by atoms with van der Waals surface area (Å²) in [5.41, 5.74) is 9.20. The van der Waals surface area contributed by atoms with Gasteiger partial charge in [0.2, 0.25) is 0 Å². The highest BCUT2D eigenvalue weighted by atomic mass is 32.1. The maximum Gasteiger partial charge on any atom is 0.0540 e. The number of thiophene rings is 2. The Balaban J connectivity index is 1.09. The van der Waals surface area contributed by atoms with Crippen molar-refractivity contribution < 1.29 is 0 Å². The van der Waals surface area contributed by atoms with E-state index in [-0.39, 0.29) is 0 Å². The second kappa shape index (κ2) is 14.2. The van der Waals surface area contributed by atoms with Crippen molar-refractivity contribution in [3.05, 3.63) is 218 Å². The van der Waals surface area contributed by atoms with Crippen LogP contribution in [0.15, 0.2) is 218 Å². The minimum Gasteiger partial charge on any atom is -0.310 e. The summed E-state index contributed by atoms with van der Waals surface area (Å²) in [5, 5.41) is 10.3. The smallest absolute Gasteiger partial charge is 0.0540 e. The third-order valence-electron chi connectivity index (χ3n) is 11.8. The van der Waals surface area contributed by atoms with Crippen molar-refractivity contribution in [2.24, 2.45) is 0 Å². The Morgan fingerprint density at radius 1 is 0.283 bits per heavy atom. The number of anilines is 6. The van der Waals surface area contributed by atoms with Gasteiger partial charge in [-0.15, -0.1) is 22.7 Å². The van der Waals surface area contributed by atoms with Gasteiger partial charge >= 0.3 is 0 Å². The molecule has 0 fully saturated rings. The van der Waals surface area contributed by atoms with Crippen LogP contribution in [0.3, 0.4) is 0 Å². The molecule has 12 aromatic rings. The van der Waals surface area contributed by atoms with E-state index < -0.39 is 0 Å². The largest absolute Gasteiger partial charge is 0.310 e. The number of rotatable bonds is 7. The third kappa shape index (κ3) is 5.68. The Bertz CT molecular complexity index is 3510. The SMILES string of the molecule is c1ccc(-c2ccccc2N(c2ccc3sc4ccccc4c3c2)c2ccc3c(c2)c2ccccc2c2c4ccc(N(c5ccccc5)c5ccccc5)cc4sc32)cc1. The normalized spacial score (nSPS) is 11.7. The minimum atomic E-state index is 1.12. The van der Waals surface area contributed by atoms with Gasteiger partial charge in [0.05, 0.1) is 5.69 Å². The van der Waals surface area contributed by atoms with Gasteiger partial charge in [-0.1, -0.05) is 140 Å². The molecule has 0 aliphatic rings. The molecule has 2 heterocycles. The fourth-order valence-electron chi connectivity index (χ4n) is 9.12. The van der Waals surface area contributed by atoms with Crippen molar-refractivity contribution >= 4 is 119 Å². The van der Waals surface area contributed by atoms with E-state index in [1.165, 1.54) is 73.0 Å². The molecule has 0 aliphatic carbocycles. The van der Waals surface area contributed by atoms with Crippen LogP contribution < -0.4 is 9.80 Å². The second-order valence-electron chi connectivity index (χ2n) is 15.3. The monoisotopic (exact) mass is 800 g/mol. The fourth-order valence-corrected chi connectivity index (χ4v) is 11.5. The third-order valence-corrected chi connectivity index (χ3v) is 14.1. The van der Waals surface area contributed by atoms with E-state index in [9.17, 15) is 0 Å². The first-order chi connectivity index (χ1) is 29.8. The highest BCUT2D eigenvalue weighted by Gasteiger charge is 2.22. The number of fused-ring (bicyclic) bond motifs is 11. The predicted octanol–water partition coefficient (Wildman–Crippen LogP) is 17.3. The number of benzene rings is 10. The predicted molar refractivity (Wildman–Crippen MR) is 262 cm³/mol. The molecule has 0 bridgehead atoms. The van der Waals surface area contributed by atoms with Crippen LogP contribution in [0.5, 0.6) is 0 Å². The Morgan fingerprint density at radius 3 is 1.58 bits per heavy atom. The molecule has 0 amide bonds. The van der Waals surface area contributed by atoms with Gasteiger partial charge in [-0.05, 0) is 101 Å². The van der Waals surface area contributed by atoms with Crippen molar-refractivity contribution in [3.63, 3.8) is 0 Å². The van der Waals surface area contributed by atoms with E-state index in [4.69, 9.17) is 0 Å². The van der Waals surface area contributed by atoms with Gasteiger partial charge < -0.3 is 9.80 Å². The number of hydrogen-bond acceptors (Lipinski definition) is 4. The van der Waals surface area contributed by atoms with Crippen molar-refractivity contribution in [2.45, 2.75) is 0 Å². The van der Waals surface area contributed by atoms with E-state index in [0.29, 0.717) is 0 Å². The van der Waals surface area contributed by atoms with Crippen molar-refractivity contribution in [1.29, 1.82) is 0 Å². The van der Waals surface area contributed by atoms with Crippen LogP contribution in [0.1, 0.15) is 0 Å². The Hall–Kier alpha value is -7.24. The van der Waals surface area contributed by atoms with Crippen molar-refractivity contribution in [1.82, 2.24) is 0 Å². The lowest BCUT2D eigenvalue weighted by atomic mass is 9.96. The van der Waals surface area contributed by atoms with Gasteiger partial charge in [0, 0.05) is 79.7 Å². The van der Waals surface area contributed by atoms with Crippen LogP contribution in [-0.2, 0) is 0 Å². The first-order valence-corrected chi connectivity index (χ1v) is 22.0. The van der Waals surface area contributed by atoms with E-state index in [1.54, 1.807) is 0 Å². The average molecular weight is 801 g/mol. The van der Waals surface area contributed by atoms with E-state index in [0.717, 1.165) is 34.1 Å². The molecule has 0 atom stereocenters. The molecule has 0 unspecified atom stereocenters. The molecule has 10 aromatic carbocycles. The Morgan fingerprint density at radius 2 is 0.833 bits per heavy atom. The van der Waals surface area contributed by atoms with Crippen LogP contribution >= 0.6 is 22.7 Å². The summed E-state index contributed by atoms with van der Waals surface area (Å²) in [4.78, 5) is 4.82. The lowest BCUT2D eigenvalue weighted by molar-refractivity contribution is 1.29. The van der Waals surface area contributed by atoms with Gasteiger partial charge in [-0.3, -0.25) is 0 Å². The molecule has 0 radical (unpaired) electrons. The van der Waals surface area contributed by atoms with Crippen LogP contribution in [0.25, 0.3) is 73.0 Å². The molecule has 2 aromatic heterocycles. The second-order valence-corrected chi connectivity index (χ2v) is 17.4. The molecular formula is C56H36N2S2. The Labute approximate surface area is 356 Å². The van der Waals surface area contributed by atoms with Gasteiger partial charge in [0.15, 0.2) is 0 Å². The zero-order valence-corrected chi connectivity index (χ0v) is 34.1. The highest BCUT2D eigenvalue weighted by Crippen LogP contribution is 2.49. The fraction of sp³-hybridized carbons (Fsp3) is 0. The van der Waals surface area contributed by atoms with Crippen molar-refractivity contribution in [2.75, 3.05) is 9.80 Å². The quantitative estimate of drug-likeness (QED) is 0.148. The Kier molecular flexibility index (Phi) is 8.25. The van der Waals surface area contributed by atoms with Crippen LogP contribution in [0.4, 0.5) is 34.1 Å². The zero-order valence-electron chi connectivity index (χ0n) is 32.5. The summed E-state index contributed by atoms with van der Waals surface area (Å²) in [6, 6.07) is 79.8. The van der Waals surface area contributed by atoms with Crippen LogP contribution in [-0.4, -0.2) is 0 Å². The summed E-state index contributed by atoms with van der Waals surface area (Å²) < 4.78 is 5.20. The highest BCUT2D eigenvalue weighted by molar-refractivity contribution is 7.27. The molecule has 12 rings (SSSR count). The molecular weight excluding hydrogens is 765 g/mol. The number of para-hydroxylation sites is 3. The van der Waals surface area contributed by atoms with E-state index in [1.807, 2.05) is 22.7 Å². The summed E-state index contributed by atoms with van der Waals surface area (Å²) in [6.07, 6.45) is 0. The average Bonchev–Trinajstić information content (AvgIpc) is 3.89. The molecule has 2 nitrogen and oxygen atoms in total. The summed E-state index contributed by atoms with van der Waals surface area (Å²) >= 11 is 3.76. The number of hydrogen-bond donors (Lipinski definition) is 0. The van der Waals surface area contributed by atoms with E-state index >= 15 is 0 Å². The topological polar surface area (TPSA) is 6.48 Å².